The molecule has 5 nitrogen and oxygen atoms in total. The van der Waals surface area contributed by atoms with Crippen LogP contribution in [0.5, 0.6) is 11.5 Å². The molecule has 0 atom stereocenters. The van der Waals surface area contributed by atoms with Crippen LogP contribution in [0.1, 0.15) is 43.7 Å². The van der Waals surface area contributed by atoms with Crippen molar-refractivity contribution < 1.29 is 14.3 Å². The second-order valence-electron chi connectivity index (χ2n) is 6.90. The van der Waals surface area contributed by atoms with E-state index in [-0.39, 0.29) is 5.57 Å². The summed E-state index contributed by atoms with van der Waals surface area (Å²) in [5.74, 6) is 0.717. The summed E-state index contributed by atoms with van der Waals surface area (Å²) in [6.07, 6.45) is 6.01. The lowest BCUT2D eigenvalue weighted by Crippen LogP contribution is -2.14. The number of methoxy groups -OCH3 is 1. The first kappa shape index (κ1) is 23.3. The number of aryl methyl sites for hydroxylation is 1. The maximum absolute atomic E-state index is 12.5. The van der Waals surface area contributed by atoms with Gasteiger partial charge in [-0.05, 0) is 60.9 Å². The molecule has 0 saturated heterocycles. The predicted octanol–water partition coefficient (Wildman–Crippen LogP) is 6.16. The number of hydrogen-bond acceptors (Lipinski definition) is 4. The molecule has 0 radical (unpaired) electrons. The number of nitrogens with one attached hydrogen (secondary N) is 1. The Balaban J connectivity index is 2.12. The monoisotopic (exact) mass is 426 g/mol. The zero-order valence-corrected chi connectivity index (χ0v) is 18.4. The van der Waals surface area contributed by atoms with E-state index < -0.39 is 5.91 Å². The average Bonchev–Trinajstić information content (AvgIpc) is 2.74. The van der Waals surface area contributed by atoms with E-state index in [2.05, 4.69) is 12.2 Å². The molecule has 2 aromatic rings. The van der Waals surface area contributed by atoms with Crippen molar-refractivity contribution in [3.05, 3.63) is 58.1 Å². The van der Waals surface area contributed by atoms with E-state index in [0.717, 1.165) is 18.4 Å². The Morgan fingerprint density at radius 3 is 2.63 bits per heavy atom. The normalized spacial score (nSPS) is 11.0. The van der Waals surface area contributed by atoms with E-state index >= 15 is 0 Å². The van der Waals surface area contributed by atoms with Gasteiger partial charge in [0.25, 0.3) is 5.91 Å². The number of nitriles is 1. The van der Waals surface area contributed by atoms with Crippen molar-refractivity contribution in [1.82, 2.24) is 0 Å². The van der Waals surface area contributed by atoms with E-state index in [1.807, 2.05) is 13.0 Å². The molecule has 0 aliphatic rings. The van der Waals surface area contributed by atoms with Crippen molar-refractivity contribution in [3.8, 4) is 17.6 Å². The van der Waals surface area contributed by atoms with Crippen molar-refractivity contribution in [3.63, 3.8) is 0 Å². The van der Waals surface area contributed by atoms with Crippen LogP contribution in [0.2, 0.25) is 5.02 Å². The summed E-state index contributed by atoms with van der Waals surface area (Å²) in [7, 11) is 1.56. The van der Waals surface area contributed by atoms with Crippen LogP contribution in [0.25, 0.3) is 6.08 Å². The van der Waals surface area contributed by atoms with Gasteiger partial charge in [-0.25, -0.2) is 0 Å². The standard InChI is InChI=1S/C24H27ClN2O3/c1-4-5-6-7-12-30-22-11-8-18(15-23(22)29-3)14-19(16-26)24(28)27-21-10-9-20(25)13-17(21)2/h8-11,13-15H,4-7,12H2,1-3H3,(H,27,28)/b19-14+. The van der Waals surface area contributed by atoms with Crippen LogP contribution in [0.3, 0.4) is 0 Å². The number of hydrogen-bond donors (Lipinski definition) is 1. The molecule has 0 aliphatic carbocycles. The predicted molar refractivity (Wildman–Crippen MR) is 121 cm³/mol. The molecule has 0 saturated carbocycles. The molecule has 1 N–H and O–H groups in total. The number of carbonyl (C=O) groups excluding carboxylic acids is 1. The molecule has 2 rings (SSSR count). The molecule has 2 aromatic carbocycles. The first-order valence-corrected chi connectivity index (χ1v) is 10.4. The summed E-state index contributed by atoms with van der Waals surface area (Å²) < 4.78 is 11.2. The molecule has 6 heteroatoms. The average molecular weight is 427 g/mol. The lowest BCUT2D eigenvalue weighted by molar-refractivity contribution is -0.112. The number of anilines is 1. The van der Waals surface area contributed by atoms with Crippen molar-refractivity contribution in [2.24, 2.45) is 0 Å². The van der Waals surface area contributed by atoms with E-state index in [4.69, 9.17) is 21.1 Å². The van der Waals surface area contributed by atoms with Gasteiger partial charge in [-0.3, -0.25) is 4.79 Å². The van der Waals surface area contributed by atoms with Crippen LogP contribution in [0.4, 0.5) is 5.69 Å². The van der Waals surface area contributed by atoms with Gasteiger partial charge in [-0.2, -0.15) is 5.26 Å². The topological polar surface area (TPSA) is 71.3 Å². The molecule has 0 aromatic heterocycles. The van der Waals surface area contributed by atoms with Crippen LogP contribution >= 0.6 is 11.6 Å². The third-order valence-electron chi connectivity index (χ3n) is 4.56. The number of ether oxygens (including phenoxy) is 2. The van der Waals surface area contributed by atoms with Gasteiger partial charge in [0.2, 0.25) is 0 Å². The lowest BCUT2D eigenvalue weighted by atomic mass is 10.1. The highest BCUT2D eigenvalue weighted by Crippen LogP contribution is 2.29. The van der Waals surface area contributed by atoms with Gasteiger partial charge in [-0.15, -0.1) is 0 Å². The number of amides is 1. The molecule has 0 unspecified atom stereocenters. The van der Waals surface area contributed by atoms with E-state index in [0.29, 0.717) is 34.4 Å². The third kappa shape index (κ3) is 6.82. The Hall–Kier alpha value is -2.97. The first-order chi connectivity index (χ1) is 14.5. The quantitative estimate of drug-likeness (QED) is 0.280. The van der Waals surface area contributed by atoms with Crippen LogP contribution in [-0.4, -0.2) is 19.6 Å². The molecule has 158 valence electrons. The van der Waals surface area contributed by atoms with E-state index in [1.165, 1.54) is 18.9 Å². The molecule has 0 aliphatic heterocycles. The maximum Gasteiger partial charge on any atom is 0.266 e. The number of nitrogens with zero attached hydrogens (tertiary/aromatic N) is 1. The van der Waals surface area contributed by atoms with Crippen molar-refractivity contribution in [2.75, 3.05) is 19.0 Å². The second-order valence-corrected chi connectivity index (χ2v) is 7.34. The molecule has 0 heterocycles. The fourth-order valence-electron chi connectivity index (χ4n) is 2.88. The van der Waals surface area contributed by atoms with Crippen molar-refractivity contribution in [1.29, 1.82) is 5.26 Å². The number of carbonyl (C=O) groups is 1. The second kappa shape index (κ2) is 11.9. The first-order valence-electron chi connectivity index (χ1n) is 9.98. The molecule has 0 fully saturated rings. The number of halogens is 1. The fourth-order valence-corrected chi connectivity index (χ4v) is 3.10. The summed E-state index contributed by atoms with van der Waals surface area (Å²) in [4.78, 5) is 12.5. The molecular weight excluding hydrogens is 400 g/mol. The minimum atomic E-state index is -0.488. The third-order valence-corrected chi connectivity index (χ3v) is 4.79. The van der Waals surface area contributed by atoms with Crippen LogP contribution in [0.15, 0.2) is 42.0 Å². The Morgan fingerprint density at radius 2 is 1.97 bits per heavy atom. The van der Waals surface area contributed by atoms with Gasteiger partial charge in [-0.1, -0.05) is 43.9 Å². The minimum Gasteiger partial charge on any atom is -0.493 e. The minimum absolute atomic E-state index is 0.0142. The number of benzene rings is 2. The smallest absolute Gasteiger partial charge is 0.266 e. The highest BCUT2D eigenvalue weighted by molar-refractivity contribution is 6.30. The van der Waals surface area contributed by atoms with Gasteiger partial charge in [0.15, 0.2) is 11.5 Å². The van der Waals surface area contributed by atoms with Crippen LogP contribution < -0.4 is 14.8 Å². The van der Waals surface area contributed by atoms with Crippen molar-refractivity contribution >= 4 is 29.3 Å². The highest BCUT2D eigenvalue weighted by Gasteiger charge is 2.12. The Bertz CT molecular complexity index is 948. The zero-order valence-electron chi connectivity index (χ0n) is 17.6. The lowest BCUT2D eigenvalue weighted by Gasteiger charge is -2.11. The zero-order chi connectivity index (χ0) is 21.9. The molecule has 30 heavy (non-hydrogen) atoms. The summed E-state index contributed by atoms with van der Waals surface area (Å²) in [6.45, 7) is 4.63. The van der Waals surface area contributed by atoms with E-state index in [1.54, 1.807) is 43.5 Å². The summed E-state index contributed by atoms with van der Waals surface area (Å²) in [5, 5.41) is 12.8. The van der Waals surface area contributed by atoms with Gasteiger partial charge < -0.3 is 14.8 Å². The van der Waals surface area contributed by atoms with E-state index in [9.17, 15) is 10.1 Å². The maximum atomic E-state index is 12.5. The highest BCUT2D eigenvalue weighted by atomic mass is 35.5. The summed E-state index contributed by atoms with van der Waals surface area (Å²) in [5.41, 5.74) is 2.08. The Labute approximate surface area is 183 Å². The molecule has 0 spiro atoms. The SMILES string of the molecule is CCCCCCOc1ccc(/C=C(\C#N)C(=O)Nc2ccc(Cl)cc2C)cc1OC. The number of unbranched alkanes of at least 4 members (excludes halogenated alkanes) is 3. The van der Waals surface area contributed by atoms with Gasteiger partial charge in [0.1, 0.15) is 11.6 Å². The molecular formula is C24H27ClN2O3. The largest absolute Gasteiger partial charge is 0.493 e. The van der Waals surface area contributed by atoms with Crippen LogP contribution in [0, 0.1) is 18.3 Å². The summed E-state index contributed by atoms with van der Waals surface area (Å²) >= 11 is 5.95. The Morgan fingerprint density at radius 1 is 1.17 bits per heavy atom. The molecule has 0 bridgehead atoms. The summed E-state index contributed by atoms with van der Waals surface area (Å²) in [6, 6.07) is 12.4. The van der Waals surface area contributed by atoms with Gasteiger partial charge in [0, 0.05) is 10.7 Å². The fraction of sp³-hybridized carbons (Fsp3) is 0.333. The van der Waals surface area contributed by atoms with Crippen LogP contribution in [-0.2, 0) is 4.79 Å². The Kier molecular flexibility index (Phi) is 9.24. The van der Waals surface area contributed by atoms with Gasteiger partial charge >= 0.3 is 0 Å². The van der Waals surface area contributed by atoms with Crippen molar-refractivity contribution in [2.45, 2.75) is 39.5 Å². The molecule has 1 amide bonds. The number of rotatable bonds is 10. The van der Waals surface area contributed by atoms with Gasteiger partial charge in [0.05, 0.1) is 13.7 Å².